The third-order valence-electron chi connectivity index (χ3n) is 10.0. The van der Waals surface area contributed by atoms with Gasteiger partial charge < -0.3 is 42.4 Å². The van der Waals surface area contributed by atoms with Crippen molar-refractivity contribution in [2.24, 2.45) is 29.2 Å². The van der Waals surface area contributed by atoms with Crippen molar-refractivity contribution in [3.05, 3.63) is 11.4 Å². The number of aliphatic hydroxyl groups excluding tert-OH is 1. The molecule has 17 heteroatoms. The number of amides is 4. The fraction of sp³-hybridized carbons (Fsp3) is 0.833. The molecule has 2 saturated carbocycles. The van der Waals surface area contributed by atoms with Crippen LogP contribution in [0, 0.1) is 17.8 Å². The third kappa shape index (κ3) is 17.6. The summed E-state index contributed by atoms with van der Waals surface area (Å²) in [6.07, 6.45) is 6.24. The van der Waals surface area contributed by atoms with Gasteiger partial charge in [-0.15, -0.1) is 0 Å². The van der Waals surface area contributed by atoms with Gasteiger partial charge in [-0.2, -0.15) is 0 Å². The number of hydrogen-bond donors (Lipinski definition) is 9. The van der Waals surface area contributed by atoms with Crippen molar-refractivity contribution >= 4 is 38.7 Å². The van der Waals surface area contributed by atoms with Gasteiger partial charge in [-0.1, -0.05) is 53.4 Å². The Labute approximate surface area is 316 Å². The van der Waals surface area contributed by atoms with E-state index in [1.165, 1.54) is 19.7 Å². The van der Waals surface area contributed by atoms with Gasteiger partial charge in [0.15, 0.2) is 0 Å². The van der Waals surface area contributed by atoms with Crippen LogP contribution >= 0.6 is 15.1 Å². The highest BCUT2D eigenvalue weighted by atomic mass is 31.2. The molecular weight excluding hydrogens is 722 g/mol. The van der Waals surface area contributed by atoms with Crippen molar-refractivity contribution in [2.75, 3.05) is 31.6 Å². The number of hydrogen-bond acceptors (Lipinski definition) is 11. The highest BCUT2D eigenvalue weighted by Gasteiger charge is 2.41. The number of aliphatic hydroxyl groups is 1. The van der Waals surface area contributed by atoms with Gasteiger partial charge in [0.2, 0.25) is 31.0 Å². The number of carbonyl (C=O) groups excluding carboxylic acids is 4. The molecule has 7 atom stereocenters. The summed E-state index contributed by atoms with van der Waals surface area (Å²) >= 11 is 0. The minimum absolute atomic E-state index is 0.0552. The maximum Gasteiger partial charge on any atom is 0.295 e. The van der Waals surface area contributed by atoms with Crippen LogP contribution in [0.3, 0.4) is 0 Å². The standard InChI is InChI=1S/C36H68N6O9P2/c1-23(2)31(37)35(46)41-25(5)33(44)39-17-29(43)21-53(50,20-28-15-11-8-12-16-28)51-30(22-52(48,49)19-27-13-9-7-10-14-27)18-40-34(45)26(6)42-36(47)32(38)24(3)4/h19,23-26,28-32,43,48-49H,7-18,20-22,37-38H2,1-6H3,(H3-,39,40,41,42,44,45,46,47)/p+1/t25-,26+,29+,30?,31+,32+,53?/m0/s1. The highest BCUT2D eigenvalue weighted by molar-refractivity contribution is 7.67. The molecule has 0 aromatic rings. The second kappa shape index (κ2) is 22.6. The zero-order chi connectivity index (χ0) is 39.9. The first-order valence-corrected chi connectivity index (χ1v) is 23.3. The predicted octanol–water partition coefficient (Wildman–Crippen LogP) is 2.48. The van der Waals surface area contributed by atoms with Crippen molar-refractivity contribution < 1.29 is 43.2 Å². The minimum Gasteiger partial charge on any atom is -0.391 e. The van der Waals surface area contributed by atoms with Gasteiger partial charge in [0, 0.05) is 19.3 Å². The van der Waals surface area contributed by atoms with Crippen LogP contribution in [0.15, 0.2) is 11.4 Å². The fourth-order valence-corrected chi connectivity index (χ4v) is 11.4. The van der Waals surface area contributed by atoms with E-state index in [0.717, 1.165) is 69.8 Å². The molecule has 0 heterocycles. The Morgan fingerprint density at radius 2 is 1.26 bits per heavy atom. The van der Waals surface area contributed by atoms with E-state index in [1.54, 1.807) is 27.7 Å². The summed E-state index contributed by atoms with van der Waals surface area (Å²) in [7, 11) is -7.47. The van der Waals surface area contributed by atoms with E-state index in [4.69, 9.17) is 16.0 Å². The normalized spacial score (nSPS) is 20.4. The van der Waals surface area contributed by atoms with Gasteiger partial charge in [0.05, 0.1) is 24.3 Å². The number of allylic oxidation sites excluding steroid dienone is 1. The maximum absolute atomic E-state index is 14.8. The molecule has 2 unspecified atom stereocenters. The summed E-state index contributed by atoms with van der Waals surface area (Å²) in [5.41, 5.74) is 12.8. The molecule has 0 aromatic carbocycles. The third-order valence-corrected chi connectivity index (χ3v) is 14.5. The largest absolute Gasteiger partial charge is 0.391 e. The Hall–Kier alpha value is -1.96. The van der Waals surface area contributed by atoms with Gasteiger partial charge in [-0.3, -0.25) is 23.7 Å². The van der Waals surface area contributed by atoms with Crippen LogP contribution in [0.1, 0.15) is 106 Å². The molecule has 15 nitrogen and oxygen atoms in total. The summed E-state index contributed by atoms with van der Waals surface area (Å²) in [5, 5.41) is 21.6. The van der Waals surface area contributed by atoms with Gasteiger partial charge in [0.1, 0.15) is 30.2 Å². The average molecular weight is 792 g/mol. The van der Waals surface area contributed by atoms with Crippen molar-refractivity contribution in [3.63, 3.8) is 0 Å². The lowest BCUT2D eigenvalue weighted by atomic mass is 9.91. The summed E-state index contributed by atoms with van der Waals surface area (Å²) in [5.74, 6) is -0.787. The number of nitrogens with two attached hydrogens (primary N) is 2. The Balaban J connectivity index is 2.26. The molecule has 2 fully saturated rings. The first-order chi connectivity index (χ1) is 24.7. The molecule has 4 amide bonds. The number of rotatable bonds is 21. The van der Waals surface area contributed by atoms with Crippen molar-refractivity contribution in [1.29, 1.82) is 0 Å². The quantitative estimate of drug-likeness (QED) is 0.0764. The van der Waals surface area contributed by atoms with Crippen LogP contribution < -0.4 is 32.7 Å². The zero-order valence-corrected chi connectivity index (χ0v) is 34.5. The Bertz CT molecular complexity index is 1270. The van der Waals surface area contributed by atoms with E-state index in [1.807, 2.05) is 0 Å². The molecule has 2 aliphatic rings. The van der Waals surface area contributed by atoms with E-state index < -0.39 is 75.1 Å². The summed E-state index contributed by atoms with van der Waals surface area (Å²) in [6.45, 7) is 9.66. The second-order valence-electron chi connectivity index (χ2n) is 15.9. The van der Waals surface area contributed by atoms with Crippen LogP contribution in [0.5, 0.6) is 0 Å². The van der Waals surface area contributed by atoms with Gasteiger partial charge in [0.25, 0.3) is 7.72 Å². The van der Waals surface area contributed by atoms with Crippen LogP contribution in [-0.4, -0.2) is 106 Å². The van der Waals surface area contributed by atoms with Gasteiger partial charge in [-0.05, 0) is 75.7 Å². The molecule has 0 spiro atoms. The molecule has 2 rings (SSSR count). The lowest BCUT2D eigenvalue weighted by Gasteiger charge is -2.31. The second-order valence-corrected chi connectivity index (χ2v) is 20.6. The summed E-state index contributed by atoms with van der Waals surface area (Å²) in [6, 6.07) is -3.50. The molecule has 0 aliphatic heterocycles. The lowest BCUT2D eigenvalue weighted by Crippen LogP contribution is -2.52. The van der Waals surface area contributed by atoms with E-state index in [9.17, 15) is 38.6 Å². The van der Waals surface area contributed by atoms with Gasteiger partial charge in [-0.25, -0.2) is 9.79 Å². The number of carbonyl (C=O) groups is 4. The summed E-state index contributed by atoms with van der Waals surface area (Å²) < 4.78 is 21.1. The zero-order valence-electron chi connectivity index (χ0n) is 32.7. The Kier molecular flexibility index (Phi) is 20.1. The van der Waals surface area contributed by atoms with E-state index in [0.29, 0.717) is 0 Å². The van der Waals surface area contributed by atoms with Crippen molar-refractivity contribution in [3.8, 4) is 0 Å². The highest BCUT2D eigenvalue weighted by Crippen LogP contribution is 2.58. The van der Waals surface area contributed by atoms with Crippen LogP contribution in [0.2, 0.25) is 0 Å². The SMILES string of the molecule is CC(C)[C@@H](N)C(=O)N[C@@H](C)C(=O)NC[C@@H](O)CP(=O)(CC1CCCCC1)OC(CNC(=O)[C@@H](C)NC(=O)[C@H](N)C(C)C)C[P+](O)(O)C=C1CCCCC1. The van der Waals surface area contributed by atoms with E-state index >= 15 is 0 Å². The fourth-order valence-electron chi connectivity index (χ4n) is 6.59. The molecule has 11 N–H and O–H groups in total. The predicted molar refractivity (Wildman–Crippen MR) is 209 cm³/mol. The molecule has 0 aromatic heterocycles. The first-order valence-electron chi connectivity index (χ1n) is 19.4. The van der Waals surface area contributed by atoms with E-state index in [2.05, 4.69) is 21.3 Å². The van der Waals surface area contributed by atoms with Crippen molar-refractivity contribution in [2.45, 2.75) is 142 Å². The molecule has 2 aliphatic carbocycles. The first kappa shape index (κ1) is 47.2. The molecular formula is C36H69N6O9P2+. The topological polar surface area (TPSA) is 255 Å². The maximum atomic E-state index is 14.8. The van der Waals surface area contributed by atoms with Crippen LogP contribution in [0.4, 0.5) is 0 Å². The molecule has 0 radical (unpaired) electrons. The monoisotopic (exact) mass is 791 g/mol. The summed E-state index contributed by atoms with van der Waals surface area (Å²) in [4.78, 5) is 73.3. The average Bonchev–Trinajstić information content (AvgIpc) is 3.08. The molecule has 306 valence electrons. The molecule has 0 bridgehead atoms. The lowest BCUT2D eigenvalue weighted by molar-refractivity contribution is -0.129. The minimum atomic E-state index is -3.74. The smallest absolute Gasteiger partial charge is 0.295 e. The van der Waals surface area contributed by atoms with Crippen LogP contribution in [-0.2, 0) is 28.3 Å². The Morgan fingerprint density at radius 1 is 0.792 bits per heavy atom. The number of nitrogens with one attached hydrogen (secondary N) is 4. The molecule has 53 heavy (non-hydrogen) atoms. The van der Waals surface area contributed by atoms with Crippen molar-refractivity contribution in [1.82, 2.24) is 21.3 Å². The van der Waals surface area contributed by atoms with Crippen LogP contribution in [0.25, 0.3) is 0 Å². The van der Waals surface area contributed by atoms with Gasteiger partial charge >= 0.3 is 0 Å². The Morgan fingerprint density at radius 3 is 1.75 bits per heavy atom. The molecule has 0 saturated heterocycles. The van der Waals surface area contributed by atoms with E-state index in [-0.39, 0.29) is 49.3 Å².